The number of benzene rings is 2. The molecule has 0 atom stereocenters. The lowest BCUT2D eigenvalue weighted by molar-refractivity contribution is 0.354. The van der Waals surface area contributed by atoms with Crippen molar-refractivity contribution in [2.45, 2.75) is 6.42 Å². The first-order valence-electron chi connectivity index (χ1n) is 8.01. The Morgan fingerprint density at radius 1 is 0.808 bits per heavy atom. The summed E-state index contributed by atoms with van der Waals surface area (Å²) >= 11 is 6.44. The Morgan fingerprint density at radius 3 is 2.04 bits per heavy atom. The van der Waals surface area contributed by atoms with Gasteiger partial charge in [0.2, 0.25) is 0 Å². The van der Waals surface area contributed by atoms with Crippen LogP contribution in [0.2, 0.25) is 5.02 Å². The lowest BCUT2D eigenvalue weighted by Crippen LogP contribution is -1.98. The van der Waals surface area contributed by atoms with Crippen LogP contribution in [0.1, 0.15) is 11.3 Å². The molecule has 136 valence electrons. The first-order valence-corrected chi connectivity index (χ1v) is 8.39. The van der Waals surface area contributed by atoms with E-state index in [1.165, 1.54) is 0 Å². The molecular formula is C20H20ClNO4. The molecule has 1 aromatic heterocycles. The molecule has 3 aromatic rings. The van der Waals surface area contributed by atoms with Gasteiger partial charge in [0.05, 0.1) is 34.1 Å². The summed E-state index contributed by atoms with van der Waals surface area (Å²) in [5.41, 5.74) is 1.79. The molecule has 5 nitrogen and oxygen atoms in total. The molecule has 0 saturated carbocycles. The third kappa shape index (κ3) is 3.35. The second-order valence-electron chi connectivity index (χ2n) is 5.66. The molecule has 26 heavy (non-hydrogen) atoms. The van der Waals surface area contributed by atoms with Gasteiger partial charge in [-0.3, -0.25) is 4.98 Å². The van der Waals surface area contributed by atoms with Gasteiger partial charge in [0, 0.05) is 29.1 Å². The van der Waals surface area contributed by atoms with Crippen LogP contribution in [0, 0.1) is 0 Å². The molecule has 0 aliphatic rings. The first-order chi connectivity index (χ1) is 12.6. The predicted octanol–water partition coefficient (Wildman–Crippen LogP) is 4.51. The molecule has 0 bridgehead atoms. The minimum absolute atomic E-state index is 0.548. The molecule has 0 N–H and O–H groups in total. The third-order valence-electron chi connectivity index (χ3n) is 4.26. The number of hydrogen-bond donors (Lipinski definition) is 0. The van der Waals surface area contributed by atoms with E-state index in [1.54, 1.807) is 40.7 Å². The van der Waals surface area contributed by atoms with Crippen molar-refractivity contribution in [3.8, 4) is 23.0 Å². The Kier molecular flexibility index (Phi) is 5.38. The number of ether oxygens (including phenoxy) is 4. The van der Waals surface area contributed by atoms with Gasteiger partial charge in [-0.25, -0.2) is 0 Å². The highest BCUT2D eigenvalue weighted by atomic mass is 35.5. The Labute approximate surface area is 157 Å². The van der Waals surface area contributed by atoms with Crippen molar-refractivity contribution < 1.29 is 18.9 Å². The van der Waals surface area contributed by atoms with Crippen LogP contribution in [0.25, 0.3) is 10.8 Å². The topological polar surface area (TPSA) is 49.8 Å². The van der Waals surface area contributed by atoms with E-state index in [9.17, 15) is 0 Å². The van der Waals surface area contributed by atoms with Crippen molar-refractivity contribution in [3.63, 3.8) is 0 Å². The van der Waals surface area contributed by atoms with E-state index < -0.39 is 0 Å². The molecule has 0 aliphatic carbocycles. The van der Waals surface area contributed by atoms with Gasteiger partial charge in [-0.05, 0) is 35.2 Å². The quantitative estimate of drug-likeness (QED) is 0.636. The maximum atomic E-state index is 6.44. The lowest BCUT2D eigenvalue weighted by Gasteiger charge is -2.14. The number of pyridine rings is 1. The molecule has 0 saturated heterocycles. The summed E-state index contributed by atoms with van der Waals surface area (Å²) in [6.45, 7) is 0. The monoisotopic (exact) mass is 373 g/mol. The molecule has 0 fully saturated rings. The summed E-state index contributed by atoms with van der Waals surface area (Å²) in [6, 6.07) is 9.45. The highest BCUT2D eigenvalue weighted by Gasteiger charge is 2.14. The molecule has 0 aliphatic heterocycles. The maximum Gasteiger partial charge on any atom is 0.162 e. The van der Waals surface area contributed by atoms with E-state index in [4.69, 9.17) is 30.5 Å². The van der Waals surface area contributed by atoms with Gasteiger partial charge >= 0.3 is 0 Å². The second-order valence-corrected chi connectivity index (χ2v) is 6.07. The normalized spacial score (nSPS) is 10.7. The Morgan fingerprint density at radius 2 is 1.38 bits per heavy atom. The smallest absolute Gasteiger partial charge is 0.162 e. The number of halogens is 1. The van der Waals surface area contributed by atoms with Crippen molar-refractivity contribution in [3.05, 3.63) is 52.8 Å². The molecule has 2 aromatic carbocycles. The van der Waals surface area contributed by atoms with Crippen molar-refractivity contribution >= 4 is 22.4 Å². The lowest BCUT2D eigenvalue weighted by atomic mass is 10.0. The molecule has 0 radical (unpaired) electrons. The average Bonchev–Trinajstić information content (AvgIpc) is 2.68. The van der Waals surface area contributed by atoms with E-state index in [0.29, 0.717) is 34.4 Å². The molecular weight excluding hydrogens is 354 g/mol. The Bertz CT molecular complexity index is 943. The fourth-order valence-electron chi connectivity index (χ4n) is 2.91. The van der Waals surface area contributed by atoms with Crippen LogP contribution in [-0.2, 0) is 6.42 Å². The summed E-state index contributed by atoms with van der Waals surface area (Å²) in [5.74, 6) is 2.57. The summed E-state index contributed by atoms with van der Waals surface area (Å²) in [6.07, 6.45) is 2.32. The highest BCUT2D eigenvalue weighted by Crippen LogP contribution is 2.36. The minimum atomic E-state index is 0.548. The zero-order valence-electron chi connectivity index (χ0n) is 15.1. The number of fused-ring (bicyclic) bond motifs is 1. The second kappa shape index (κ2) is 7.70. The van der Waals surface area contributed by atoms with Gasteiger partial charge < -0.3 is 18.9 Å². The standard InChI is InChI=1S/C20H20ClNO4/c1-23-17-8-12-5-6-22-16(14(12)10-19(17)25-3)7-13-9-18(24-2)20(26-4)11-15(13)21/h5-6,8-11H,7H2,1-4H3. The highest BCUT2D eigenvalue weighted by molar-refractivity contribution is 6.31. The molecule has 3 rings (SSSR count). The summed E-state index contributed by atoms with van der Waals surface area (Å²) in [4.78, 5) is 4.55. The number of aromatic nitrogens is 1. The SMILES string of the molecule is COc1cc(Cl)c(Cc2nccc3cc(OC)c(OC)cc23)cc1OC. The van der Waals surface area contributed by atoms with Crippen LogP contribution >= 0.6 is 11.6 Å². The van der Waals surface area contributed by atoms with E-state index >= 15 is 0 Å². The van der Waals surface area contributed by atoms with Crippen molar-refractivity contribution in [2.75, 3.05) is 28.4 Å². The van der Waals surface area contributed by atoms with Crippen molar-refractivity contribution in [1.82, 2.24) is 4.98 Å². The third-order valence-corrected chi connectivity index (χ3v) is 4.61. The zero-order valence-corrected chi connectivity index (χ0v) is 15.9. The Hall–Kier alpha value is -2.66. The van der Waals surface area contributed by atoms with Gasteiger partial charge in [0.15, 0.2) is 23.0 Å². The number of hydrogen-bond acceptors (Lipinski definition) is 5. The van der Waals surface area contributed by atoms with Gasteiger partial charge in [0.1, 0.15) is 0 Å². The zero-order chi connectivity index (χ0) is 18.7. The van der Waals surface area contributed by atoms with Crippen molar-refractivity contribution in [1.29, 1.82) is 0 Å². The van der Waals surface area contributed by atoms with Gasteiger partial charge in [-0.15, -0.1) is 0 Å². The molecule has 0 spiro atoms. The fraction of sp³-hybridized carbons (Fsp3) is 0.250. The largest absolute Gasteiger partial charge is 0.493 e. The van der Waals surface area contributed by atoms with Crippen molar-refractivity contribution in [2.24, 2.45) is 0 Å². The molecule has 1 heterocycles. The number of methoxy groups -OCH3 is 4. The van der Waals surface area contributed by atoms with Crippen LogP contribution in [-0.4, -0.2) is 33.4 Å². The van der Waals surface area contributed by atoms with Gasteiger partial charge in [-0.1, -0.05) is 11.6 Å². The Balaban J connectivity index is 2.09. The maximum absolute atomic E-state index is 6.44. The molecule has 0 unspecified atom stereocenters. The van der Waals surface area contributed by atoms with E-state index in [-0.39, 0.29) is 0 Å². The summed E-state index contributed by atoms with van der Waals surface area (Å²) in [5, 5.41) is 2.60. The number of nitrogens with zero attached hydrogens (tertiary/aromatic N) is 1. The van der Waals surface area contributed by atoms with E-state index in [0.717, 1.165) is 22.0 Å². The van der Waals surface area contributed by atoms with Crippen LogP contribution in [0.4, 0.5) is 0 Å². The summed E-state index contributed by atoms with van der Waals surface area (Å²) in [7, 11) is 6.42. The predicted molar refractivity (Wildman–Crippen MR) is 102 cm³/mol. The first kappa shape index (κ1) is 18.1. The van der Waals surface area contributed by atoms with Gasteiger partial charge in [-0.2, -0.15) is 0 Å². The van der Waals surface area contributed by atoms with Crippen LogP contribution in [0.5, 0.6) is 23.0 Å². The van der Waals surface area contributed by atoms with Gasteiger partial charge in [0.25, 0.3) is 0 Å². The fourth-order valence-corrected chi connectivity index (χ4v) is 3.13. The molecule has 0 amide bonds. The minimum Gasteiger partial charge on any atom is -0.493 e. The molecule has 6 heteroatoms. The van der Waals surface area contributed by atoms with Crippen LogP contribution in [0.15, 0.2) is 36.5 Å². The van der Waals surface area contributed by atoms with Crippen LogP contribution in [0.3, 0.4) is 0 Å². The average molecular weight is 374 g/mol. The van der Waals surface area contributed by atoms with Crippen LogP contribution < -0.4 is 18.9 Å². The van der Waals surface area contributed by atoms with E-state index in [1.807, 2.05) is 24.3 Å². The number of rotatable bonds is 6. The summed E-state index contributed by atoms with van der Waals surface area (Å²) < 4.78 is 21.5. The van der Waals surface area contributed by atoms with E-state index in [2.05, 4.69) is 4.98 Å².